The summed E-state index contributed by atoms with van der Waals surface area (Å²) in [6, 6.07) is 9.73. The Hall–Kier alpha value is -1.64. The number of carbonyl (C=O) groups is 1. The lowest BCUT2D eigenvalue weighted by Gasteiger charge is -2.37. The van der Waals surface area contributed by atoms with Crippen LogP contribution in [0.15, 0.2) is 30.3 Å². The van der Waals surface area contributed by atoms with Gasteiger partial charge >= 0.3 is 0 Å². The first kappa shape index (κ1) is 19.7. The number of amides is 1. The van der Waals surface area contributed by atoms with E-state index in [1.807, 2.05) is 56.1 Å². The molecule has 1 fully saturated rings. The summed E-state index contributed by atoms with van der Waals surface area (Å²) in [5, 5.41) is 0. The lowest BCUT2D eigenvalue weighted by atomic mass is 10.3. The number of nitrogens with zero attached hydrogens (tertiary/aromatic N) is 4. The van der Waals surface area contributed by atoms with Gasteiger partial charge in [-0.2, -0.15) is 17.0 Å². The van der Waals surface area contributed by atoms with Gasteiger partial charge < -0.3 is 9.80 Å². The Labute approximate surface area is 151 Å². The lowest BCUT2D eigenvalue weighted by Crippen LogP contribution is -2.55. The SMILES string of the molecule is CCN(CC)S(=O)(=O)N1CCN(C(=O)CN(C)c2ccccc2)CC1. The van der Waals surface area contributed by atoms with Gasteiger partial charge in [-0.05, 0) is 12.1 Å². The Morgan fingerprint density at radius 1 is 1.04 bits per heavy atom. The van der Waals surface area contributed by atoms with Crippen molar-refractivity contribution in [1.82, 2.24) is 13.5 Å². The number of rotatable bonds is 7. The molecule has 2 rings (SSSR count). The van der Waals surface area contributed by atoms with Crippen LogP contribution in [0.1, 0.15) is 13.8 Å². The molecule has 0 bridgehead atoms. The zero-order chi connectivity index (χ0) is 18.4. The number of hydrogen-bond donors (Lipinski definition) is 0. The fraction of sp³-hybridized carbons (Fsp3) is 0.588. The van der Waals surface area contributed by atoms with Crippen molar-refractivity contribution in [2.24, 2.45) is 0 Å². The number of hydrogen-bond acceptors (Lipinski definition) is 4. The van der Waals surface area contributed by atoms with E-state index in [0.29, 0.717) is 39.3 Å². The molecule has 0 radical (unpaired) electrons. The summed E-state index contributed by atoms with van der Waals surface area (Å²) in [6.45, 7) is 6.43. The topological polar surface area (TPSA) is 64.2 Å². The molecule has 1 heterocycles. The van der Waals surface area contributed by atoms with Crippen LogP contribution in [0, 0.1) is 0 Å². The van der Waals surface area contributed by atoms with E-state index >= 15 is 0 Å². The predicted molar refractivity (Wildman–Crippen MR) is 99.7 cm³/mol. The summed E-state index contributed by atoms with van der Waals surface area (Å²) < 4.78 is 28.0. The molecule has 0 aromatic heterocycles. The van der Waals surface area contributed by atoms with Gasteiger partial charge in [0.15, 0.2) is 0 Å². The molecule has 0 unspecified atom stereocenters. The standard InChI is InChI=1S/C17H28N4O3S/c1-4-20(5-2)25(23,24)21-13-11-19(12-14-21)17(22)15-18(3)16-9-7-6-8-10-16/h6-10H,4-5,11-15H2,1-3H3. The van der Waals surface area contributed by atoms with Crippen molar-refractivity contribution in [2.45, 2.75) is 13.8 Å². The highest BCUT2D eigenvalue weighted by Gasteiger charge is 2.32. The van der Waals surface area contributed by atoms with E-state index in [1.54, 1.807) is 4.90 Å². The van der Waals surface area contributed by atoms with Crippen LogP contribution < -0.4 is 4.90 Å². The molecule has 1 aromatic carbocycles. The van der Waals surface area contributed by atoms with Crippen LogP contribution in [0.2, 0.25) is 0 Å². The molecule has 0 spiro atoms. The average molecular weight is 369 g/mol. The molecule has 140 valence electrons. The Balaban J connectivity index is 1.90. The van der Waals surface area contributed by atoms with Gasteiger partial charge in [0.05, 0.1) is 6.54 Å². The number of piperazine rings is 1. The van der Waals surface area contributed by atoms with Crippen molar-refractivity contribution in [3.05, 3.63) is 30.3 Å². The molecule has 0 N–H and O–H groups in total. The minimum absolute atomic E-state index is 0.0197. The maximum atomic E-state index is 12.5. The van der Waals surface area contributed by atoms with Gasteiger partial charge in [-0.25, -0.2) is 0 Å². The molecule has 25 heavy (non-hydrogen) atoms. The zero-order valence-corrected chi connectivity index (χ0v) is 16.1. The molecule has 1 aliphatic rings. The molecule has 1 aromatic rings. The monoisotopic (exact) mass is 368 g/mol. The molecule has 0 aliphatic carbocycles. The van der Waals surface area contributed by atoms with Gasteiger partial charge in [0.2, 0.25) is 5.91 Å². The number of benzene rings is 1. The van der Waals surface area contributed by atoms with Crippen molar-refractivity contribution >= 4 is 21.8 Å². The van der Waals surface area contributed by atoms with Crippen LogP contribution in [0.25, 0.3) is 0 Å². The second kappa shape index (κ2) is 8.64. The molecule has 0 saturated carbocycles. The van der Waals surface area contributed by atoms with Crippen LogP contribution in [-0.2, 0) is 15.0 Å². The van der Waals surface area contributed by atoms with E-state index in [4.69, 9.17) is 0 Å². The average Bonchev–Trinajstić information content (AvgIpc) is 2.63. The molecule has 1 amide bonds. The summed E-state index contributed by atoms with van der Waals surface area (Å²) in [7, 11) is -1.54. The molecule has 8 heteroatoms. The lowest BCUT2D eigenvalue weighted by molar-refractivity contribution is -0.130. The fourth-order valence-corrected chi connectivity index (χ4v) is 4.56. The summed E-state index contributed by atoms with van der Waals surface area (Å²) >= 11 is 0. The van der Waals surface area contributed by atoms with E-state index in [1.165, 1.54) is 8.61 Å². The Morgan fingerprint density at radius 3 is 2.12 bits per heavy atom. The van der Waals surface area contributed by atoms with Gasteiger partial charge in [-0.15, -0.1) is 0 Å². The van der Waals surface area contributed by atoms with Crippen molar-refractivity contribution in [2.75, 3.05) is 57.8 Å². The van der Waals surface area contributed by atoms with Crippen molar-refractivity contribution < 1.29 is 13.2 Å². The molecule has 1 aliphatic heterocycles. The van der Waals surface area contributed by atoms with E-state index in [0.717, 1.165) is 5.69 Å². The van der Waals surface area contributed by atoms with Crippen LogP contribution in [0.4, 0.5) is 5.69 Å². The van der Waals surface area contributed by atoms with Gasteiger partial charge in [-0.3, -0.25) is 4.79 Å². The minimum atomic E-state index is -3.42. The maximum absolute atomic E-state index is 12.5. The third kappa shape index (κ3) is 4.71. The second-order valence-corrected chi connectivity index (χ2v) is 7.99. The van der Waals surface area contributed by atoms with E-state index in [9.17, 15) is 13.2 Å². The Bertz CT molecular complexity index is 654. The largest absolute Gasteiger partial charge is 0.365 e. The normalized spacial score (nSPS) is 16.2. The fourth-order valence-electron chi connectivity index (χ4n) is 2.96. The third-order valence-electron chi connectivity index (χ3n) is 4.52. The first-order chi connectivity index (χ1) is 11.9. The number of carbonyl (C=O) groups excluding carboxylic acids is 1. The highest BCUT2D eigenvalue weighted by Crippen LogP contribution is 2.14. The van der Waals surface area contributed by atoms with Crippen LogP contribution in [0.3, 0.4) is 0 Å². The zero-order valence-electron chi connectivity index (χ0n) is 15.3. The summed E-state index contributed by atoms with van der Waals surface area (Å²) in [5.41, 5.74) is 0.985. The van der Waals surface area contributed by atoms with Crippen molar-refractivity contribution in [1.29, 1.82) is 0 Å². The summed E-state index contributed by atoms with van der Waals surface area (Å²) in [6.07, 6.45) is 0. The highest BCUT2D eigenvalue weighted by atomic mass is 32.2. The van der Waals surface area contributed by atoms with Crippen LogP contribution >= 0.6 is 0 Å². The van der Waals surface area contributed by atoms with Crippen molar-refractivity contribution in [3.8, 4) is 0 Å². The predicted octanol–water partition coefficient (Wildman–Crippen LogP) is 0.854. The van der Waals surface area contributed by atoms with Crippen molar-refractivity contribution in [3.63, 3.8) is 0 Å². The Morgan fingerprint density at radius 2 is 1.60 bits per heavy atom. The third-order valence-corrected chi connectivity index (χ3v) is 6.71. The smallest absolute Gasteiger partial charge is 0.282 e. The first-order valence-corrected chi connectivity index (χ1v) is 10.1. The van der Waals surface area contributed by atoms with Gasteiger partial charge in [-0.1, -0.05) is 32.0 Å². The minimum Gasteiger partial charge on any atom is -0.365 e. The molecular formula is C17H28N4O3S. The van der Waals surface area contributed by atoms with Gasteiger partial charge in [0, 0.05) is 52.0 Å². The number of anilines is 1. The van der Waals surface area contributed by atoms with Crippen LogP contribution in [-0.4, -0.2) is 80.7 Å². The summed E-state index contributed by atoms with van der Waals surface area (Å²) in [5.74, 6) is 0.0197. The quantitative estimate of drug-likeness (QED) is 0.716. The molecule has 1 saturated heterocycles. The Kier molecular flexibility index (Phi) is 6.80. The van der Waals surface area contributed by atoms with Gasteiger partial charge in [0.25, 0.3) is 10.2 Å². The molecule has 7 nitrogen and oxygen atoms in total. The van der Waals surface area contributed by atoms with E-state index in [-0.39, 0.29) is 12.5 Å². The van der Waals surface area contributed by atoms with Crippen LogP contribution in [0.5, 0.6) is 0 Å². The summed E-state index contributed by atoms with van der Waals surface area (Å²) in [4.78, 5) is 16.1. The first-order valence-electron chi connectivity index (χ1n) is 8.69. The highest BCUT2D eigenvalue weighted by molar-refractivity contribution is 7.86. The second-order valence-electron chi connectivity index (χ2n) is 6.06. The molecular weight excluding hydrogens is 340 g/mol. The number of para-hydroxylation sites is 1. The number of likely N-dealkylation sites (N-methyl/N-ethyl adjacent to an activating group) is 1. The van der Waals surface area contributed by atoms with E-state index < -0.39 is 10.2 Å². The maximum Gasteiger partial charge on any atom is 0.282 e. The molecule has 0 atom stereocenters. The van der Waals surface area contributed by atoms with E-state index in [2.05, 4.69) is 0 Å². The van der Waals surface area contributed by atoms with Gasteiger partial charge in [0.1, 0.15) is 0 Å².